The average Bonchev–Trinajstić information content (AvgIpc) is 3.05. The maximum absolute atomic E-state index is 8.96. The van der Waals surface area contributed by atoms with Crippen molar-refractivity contribution in [1.29, 1.82) is 0 Å². The molecule has 0 unspecified atom stereocenters. The Bertz CT molecular complexity index is 673. The fraction of sp³-hybridized carbons (Fsp3) is 0.611. The SMILES string of the molecule is CCN(CCN1CCC(c2noc3cc(Cl)ccc23)CC1)SCCO. The Kier molecular flexibility index (Phi) is 7.01. The van der Waals surface area contributed by atoms with Crippen LogP contribution in [-0.2, 0) is 0 Å². The van der Waals surface area contributed by atoms with Crippen molar-refractivity contribution in [2.75, 3.05) is 45.1 Å². The fourth-order valence-electron chi connectivity index (χ4n) is 3.39. The van der Waals surface area contributed by atoms with Crippen LogP contribution in [0.3, 0.4) is 0 Å². The molecule has 1 aromatic carbocycles. The summed E-state index contributed by atoms with van der Waals surface area (Å²) in [4.78, 5) is 2.53. The van der Waals surface area contributed by atoms with Crippen LogP contribution in [0.1, 0.15) is 31.4 Å². The number of aliphatic hydroxyl groups excluding tert-OH is 1. The molecular weight excluding hydrogens is 358 g/mol. The van der Waals surface area contributed by atoms with Gasteiger partial charge >= 0.3 is 0 Å². The minimum atomic E-state index is 0.240. The van der Waals surface area contributed by atoms with Gasteiger partial charge in [0.15, 0.2) is 5.58 Å². The van der Waals surface area contributed by atoms with Gasteiger partial charge in [-0.2, -0.15) is 0 Å². The Morgan fingerprint density at radius 2 is 2.20 bits per heavy atom. The second kappa shape index (κ2) is 9.24. The normalized spacial score (nSPS) is 17.0. The molecule has 1 fully saturated rings. The number of hydrogen-bond acceptors (Lipinski definition) is 6. The summed E-state index contributed by atoms with van der Waals surface area (Å²) in [5, 5.41) is 15.1. The number of likely N-dealkylation sites (tertiary alicyclic amines) is 1. The highest BCUT2D eigenvalue weighted by Crippen LogP contribution is 2.33. The fourth-order valence-corrected chi connectivity index (χ4v) is 4.29. The zero-order valence-corrected chi connectivity index (χ0v) is 16.2. The Hall–Kier alpha value is -0.790. The predicted octanol–water partition coefficient (Wildman–Crippen LogP) is 3.62. The molecule has 2 aromatic rings. The van der Waals surface area contributed by atoms with Crippen molar-refractivity contribution in [2.24, 2.45) is 0 Å². The summed E-state index contributed by atoms with van der Waals surface area (Å²) in [6, 6.07) is 5.77. The van der Waals surface area contributed by atoms with Gasteiger partial charge in [0.25, 0.3) is 0 Å². The van der Waals surface area contributed by atoms with Crippen LogP contribution >= 0.6 is 23.5 Å². The van der Waals surface area contributed by atoms with E-state index in [1.165, 1.54) is 0 Å². The monoisotopic (exact) mass is 383 g/mol. The van der Waals surface area contributed by atoms with Crippen LogP contribution in [-0.4, -0.2) is 64.6 Å². The van der Waals surface area contributed by atoms with Gasteiger partial charge in [0.2, 0.25) is 0 Å². The first kappa shape index (κ1) is 19.0. The van der Waals surface area contributed by atoms with Gasteiger partial charge in [0.05, 0.1) is 12.3 Å². The Balaban J connectivity index is 1.51. The van der Waals surface area contributed by atoms with E-state index in [2.05, 4.69) is 21.3 Å². The molecule has 1 aliphatic heterocycles. The Morgan fingerprint density at radius 1 is 1.40 bits per heavy atom. The summed E-state index contributed by atoms with van der Waals surface area (Å²) < 4.78 is 7.79. The molecule has 0 spiro atoms. The minimum Gasteiger partial charge on any atom is -0.395 e. The van der Waals surface area contributed by atoms with Gasteiger partial charge in [-0.1, -0.05) is 35.6 Å². The summed E-state index contributed by atoms with van der Waals surface area (Å²) in [6.07, 6.45) is 2.22. The molecule has 7 heteroatoms. The summed E-state index contributed by atoms with van der Waals surface area (Å²) in [5.74, 6) is 1.24. The van der Waals surface area contributed by atoms with Crippen molar-refractivity contribution >= 4 is 34.5 Å². The van der Waals surface area contributed by atoms with Gasteiger partial charge in [-0.3, -0.25) is 0 Å². The maximum atomic E-state index is 8.96. The van der Waals surface area contributed by atoms with Crippen molar-refractivity contribution in [3.63, 3.8) is 0 Å². The zero-order valence-electron chi connectivity index (χ0n) is 14.7. The summed E-state index contributed by atoms with van der Waals surface area (Å²) in [7, 11) is 0. The maximum Gasteiger partial charge on any atom is 0.168 e. The molecule has 0 saturated carbocycles. The smallest absolute Gasteiger partial charge is 0.168 e. The van der Waals surface area contributed by atoms with Crippen LogP contribution in [0.5, 0.6) is 0 Å². The van der Waals surface area contributed by atoms with Crippen LogP contribution in [0, 0.1) is 0 Å². The number of aliphatic hydroxyl groups is 1. The van der Waals surface area contributed by atoms with Crippen molar-refractivity contribution in [2.45, 2.75) is 25.7 Å². The molecule has 0 radical (unpaired) electrons. The first-order valence-electron chi connectivity index (χ1n) is 8.97. The first-order valence-corrected chi connectivity index (χ1v) is 10.3. The highest BCUT2D eigenvalue weighted by Gasteiger charge is 2.25. The lowest BCUT2D eigenvalue weighted by atomic mass is 9.91. The predicted molar refractivity (Wildman–Crippen MR) is 104 cm³/mol. The molecule has 0 aliphatic carbocycles. The molecule has 1 aliphatic rings. The van der Waals surface area contributed by atoms with E-state index >= 15 is 0 Å². The lowest BCUT2D eigenvalue weighted by molar-refractivity contribution is 0.200. The van der Waals surface area contributed by atoms with Gasteiger partial charge in [0, 0.05) is 47.8 Å². The van der Waals surface area contributed by atoms with Gasteiger partial charge in [-0.25, -0.2) is 4.31 Å². The van der Waals surface area contributed by atoms with Gasteiger partial charge in [-0.15, -0.1) is 0 Å². The summed E-state index contributed by atoms with van der Waals surface area (Å²) in [5.41, 5.74) is 1.87. The number of benzene rings is 1. The van der Waals surface area contributed by atoms with E-state index in [0.717, 1.165) is 68.0 Å². The van der Waals surface area contributed by atoms with E-state index in [-0.39, 0.29) is 6.61 Å². The highest BCUT2D eigenvalue weighted by molar-refractivity contribution is 7.97. The first-order chi connectivity index (χ1) is 12.2. The van der Waals surface area contributed by atoms with Crippen molar-refractivity contribution < 1.29 is 9.63 Å². The van der Waals surface area contributed by atoms with Crippen molar-refractivity contribution in [3.05, 3.63) is 28.9 Å². The molecule has 0 bridgehead atoms. The molecular formula is C18H26ClN3O2S. The van der Waals surface area contributed by atoms with Crippen LogP contribution < -0.4 is 0 Å². The molecule has 1 aromatic heterocycles. The summed E-state index contributed by atoms with van der Waals surface area (Å²) >= 11 is 7.76. The van der Waals surface area contributed by atoms with E-state index in [1.807, 2.05) is 18.2 Å². The van der Waals surface area contributed by atoms with Crippen LogP contribution in [0.15, 0.2) is 22.7 Å². The third kappa shape index (κ3) is 4.89. The summed E-state index contributed by atoms with van der Waals surface area (Å²) in [6.45, 7) is 7.71. The average molecular weight is 384 g/mol. The second-order valence-electron chi connectivity index (χ2n) is 6.40. The standard InChI is InChI=1S/C18H26ClN3O2S/c1-2-22(25-12-11-23)10-9-21-7-5-14(6-8-21)18-16-4-3-15(19)13-17(16)24-20-18/h3-4,13-14,23H,2,5-12H2,1H3. The van der Waals surface area contributed by atoms with E-state index in [4.69, 9.17) is 21.2 Å². The lowest BCUT2D eigenvalue weighted by Crippen LogP contribution is -2.38. The quantitative estimate of drug-likeness (QED) is 0.702. The number of likely N-dealkylation sites (N-methyl/N-ethyl adjacent to an activating group) is 1. The largest absolute Gasteiger partial charge is 0.395 e. The van der Waals surface area contributed by atoms with Crippen LogP contribution in [0.2, 0.25) is 5.02 Å². The van der Waals surface area contributed by atoms with Gasteiger partial charge in [-0.05, 0) is 38.1 Å². The van der Waals surface area contributed by atoms with Crippen LogP contribution in [0.4, 0.5) is 0 Å². The zero-order chi connectivity index (χ0) is 17.6. The van der Waals surface area contributed by atoms with E-state index in [1.54, 1.807) is 11.9 Å². The van der Waals surface area contributed by atoms with E-state index in [0.29, 0.717) is 10.9 Å². The molecule has 0 amide bonds. The topological polar surface area (TPSA) is 52.7 Å². The number of halogens is 1. The molecule has 1 N–H and O–H groups in total. The third-order valence-electron chi connectivity index (χ3n) is 4.82. The number of nitrogens with zero attached hydrogens (tertiary/aromatic N) is 3. The van der Waals surface area contributed by atoms with Crippen molar-refractivity contribution in [3.8, 4) is 0 Å². The molecule has 0 atom stereocenters. The number of hydrogen-bond donors (Lipinski definition) is 1. The molecule has 138 valence electrons. The molecule has 2 heterocycles. The number of aromatic nitrogens is 1. The number of rotatable bonds is 8. The third-order valence-corrected chi connectivity index (χ3v) is 6.23. The number of fused-ring (bicyclic) bond motifs is 1. The van der Waals surface area contributed by atoms with Gasteiger partial charge < -0.3 is 14.5 Å². The number of piperidine rings is 1. The highest BCUT2D eigenvalue weighted by atomic mass is 35.5. The Labute approximate surface area is 158 Å². The van der Waals surface area contributed by atoms with E-state index < -0.39 is 0 Å². The van der Waals surface area contributed by atoms with Crippen molar-refractivity contribution in [1.82, 2.24) is 14.4 Å². The molecule has 3 rings (SSSR count). The second-order valence-corrected chi connectivity index (χ2v) is 8.02. The Morgan fingerprint density at radius 3 is 2.92 bits per heavy atom. The molecule has 5 nitrogen and oxygen atoms in total. The molecule has 25 heavy (non-hydrogen) atoms. The molecule has 1 saturated heterocycles. The van der Waals surface area contributed by atoms with Crippen LogP contribution in [0.25, 0.3) is 11.0 Å². The van der Waals surface area contributed by atoms with Gasteiger partial charge in [0.1, 0.15) is 0 Å². The lowest BCUT2D eigenvalue weighted by Gasteiger charge is -2.32. The minimum absolute atomic E-state index is 0.240. The van der Waals surface area contributed by atoms with E-state index in [9.17, 15) is 0 Å².